The van der Waals surface area contributed by atoms with Gasteiger partial charge in [0.1, 0.15) is 5.56 Å². The molecule has 1 saturated heterocycles. The van der Waals surface area contributed by atoms with Gasteiger partial charge >= 0.3 is 0 Å². The van der Waals surface area contributed by atoms with Crippen molar-refractivity contribution >= 4 is 29.0 Å². The molecule has 7 heteroatoms. The number of carbonyl (C=O) groups is 1. The topological polar surface area (TPSA) is 89.5 Å². The van der Waals surface area contributed by atoms with Crippen LogP contribution >= 0.6 is 11.8 Å². The summed E-state index contributed by atoms with van der Waals surface area (Å²) in [6.07, 6.45) is 0. The molecule has 1 fully saturated rings. The molecule has 1 aromatic rings. The number of nitrogens with zero attached hydrogens (tertiary/aromatic N) is 2. The summed E-state index contributed by atoms with van der Waals surface area (Å²) < 4.78 is 0. The zero-order chi connectivity index (χ0) is 13.1. The summed E-state index contributed by atoms with van der Waals surface area (Å²) in [5.74, 6) is 1.42. The summed E-state index contributed by atoms with van der Waals surface area (Å²) >= 11 is 1.77. The van der Waals surface area contributed by atoms with E-state index < -0.39 is 4.92 Å². The second kappa shape index (κ2) is 5.26. The van der Waals surface area contributed by atoms with Crippen LogP contribution in [0.2, 0.25) is 0 Å². The monoisotopic (exact) mass is 267 g/mol. The minimum atomic E-state index is -0.550. The van der Waals surface area contributed by atoms with Gasteiger partial charge < -0.3 is 10.6 Å². The molecule has 0 saturated carbocycles. The molecule has 1 aromatic carbocycles. The van der Waals surface area contributed by atoms with Gasteiger partial charge in [0.25, 0.3) is 11.6 Å². The summed E-state index contributed by atoms with van der Waals surface area (Å²) in [6, 6.07) is 4.09. The number of hydrogen-bond donors (Lipinski definition) is 1. The molecule has 96 valence electrons. The number of benzene rings is 1. The van der Waals surface area contributed by atoms with Crippen molar-refractivity contribution in [2.75, 3.05) is 30.3 Å². The number of anilines is 1. The van der Waals surface area contributed by atoms with Crippen LogP contribution in [0.5, 0.6) is 0 Å². The maximum Gasteiger partial charge on any atom is 0.282 e. The Labute approximate surface area is 108 Å². The zero-order valence-electron chi connectivity index (χ0n) is 9.67. The maximum absolute atomic E-state index is 12.2. The van der Waals surface area contributed by atoms with E-state index in [0.29, 0.717) is 18.8 Å². The first-order valence-corrected chi connectivity index (χ1v) is 6.66. The third-order valence-electron chi connectivity index (χ3n) is 2.75. The number of nitro benzene ring substituents is 1. The van der Waals surface area contributed by atoms with Gasteiger partial charge in [-0.1, -0.05) is 0 Å². The summed E-state index contributed by atoms with van der Waals surface area (Å²) in [5, 5.41) is 10.9. The maximum atomic E-state index is 12.2. The smallest absolute Gasteiger partial charge is 0.282 e. The van der Waals surface area contributed by atoms with E-state index in [1.54, 1.807) is 16.7 Å². The predicted molar refractivity (Wildman–Crippen MR) is 70.7 cm³/mol. The molecule has 1 heterocycles. The number of rotatable bonds is 2. The Bertz CT molecular complexity index is 486. The molecule has 0 aliphatic carbocycles. The Morgan fingerprint density at radius 3 is 2.67 bits per heavy atom. The number of amides is 1. The fourth-order valence-electron chi connectivity index (χ4n) is 1.82. The molecular formula is C11H13N3O3S. The van der Waals surface area contributed by atoms with E-state index in [1.807, 2.05) is 0 Å². The van der Waals surface area contributed by atoms with Crippen molar-refractivity contribution in [3.8, 4) is 0 Å². The molecule has 0 aromatic heterocycles. The van der Waals surface area contributed by atoms with Crippen molar-refractivity contribution in [3.63, 3.8) is 0 Å². The molecule has 0 bridgehead atoms. The lowest BCUT2D eigenvalue weighted by Gasteiger charge is -2.26. The SMILES string of the molecule is Nc1ccc([N+](=O)[O-])c(C(=O)N2CCSCC2)c1. The second-order valence-corrected chi connectivity index (χ2v) is 5.16. The van der Waals surface area contributed by atoms with Crippen LogP contribution in [0.25, 0.3) is 0 Å². The molecule has 2 rings (SSSR count). The van der Waals surface area contributed by atoms with Crippen LogP contribution in [-0.2, 0) is 0 Å². The minimum absolute atomic E-state index is 0.0758. The van der Waals surface area contributed by atoms with Crippen LogP contribution in [-0.4, -0.2) is 40.3 Å². The van der Waals surface area contributed by atoms with Crippen molar-refractivity contribution < 1.29 is 9.72 Å². The first kappa shape index (κ1) is 12.7. The second-order valence-electron chi connectivity index (χ2n) is 3.94. The third kappa shape index (κ3) is 2.56. The summed E-state index contributed by atoms with van der Waals surface area (Å²) in [6.45, 7) is 1.24. The van der Waals surface area contributed by atoms with Crippen molar-refractivity contribution in [1.29, 1.82) is 0 Å². The molecule has 0 unspecified atom stereocenters. The van der Waals surface area contributed by atoms with Crippen LogP contribution in [0, 0.1) is 10.1 Å². The average molecular weight is 267 g/mol. The highest BCUT2D eigenvalue weighted by atomic mass is 32.2. The molecule has 1 amide bonds. The highest BCUT2D eigenvalue weighted by molar-refractivity contribution is 7.99. The van der Waals surface area contributed by atoms with E-state index in [0.717, 1.165) is 11.5 Å². The van der Waals surface area contributed by atoms with Gasteiger partial charge in [-0.2, -0.15) is 11.8 Å². The lowest BCUT2D eigenvalue weighted by atomic mass is 10.1. The first-order valence-electron chi connectivity index (χ1n) is 5.50. The fraction of sp³-hybridized carbons (Fsp3) is 0.364. The predicted octanol–water partition coefficient (Wildman–Crippen LogP) is 1.37. The number of nitrogen functional groups attached to an aromatic ring is 1. The van der Waals surface area contributed by atoms with E-state index in [1.165, 1.54) is 18.2 Å². The molecule has 1 aliphatic heterocycles. The molecule has 1 aliphatic rings. The standard InChI is InChI=1S/C11H13N3O3S/c12-8-1-2-10(14(16)17)9(7-8)11(15)13-3-5-18-6-4-13/h1-2,7H,3-6,12H2. The van der Waals surface area contributed by atoms with Crippen molar-refractivity contribution in [2.24, 2.45) is 0 Å². The van der Waals surface area contributed by atoms with Gasteiger partial charge in [-0.3, -0.25) is 14.9 Å². The van der Waals surface area contributed by atoms with Crippen molar-refractivity contribution in [3.05, 3.63) is 33.9 Å². The number of hydrogen-bond acceptors (Lipinski definition) is 5. The molecule has 0 spiro atoms. The minimum Gasteiger partial charge on any atom is -0.399 e. The van der Waals surface area contributed by atoms with Crippen molar-refractivity contribution in [2.45, 2.75) is 0 Å². The lowest BCUT2D eigenvalue weighted by Crippen LogP contribution is -2.38. The van der Waals surface area contributed by atoms with E-state index in [-0.39, 0.29) is 17.2 Å². The lowest BCUT2D eigenvalue weighted by molar-refractivity contribution is -0.385. The van der Waals surface area contributed by atoms with Gasteiger partial charge in [0.2, 0.25) is 0 Å². The van der Waals surface area contributed by atoms with Crippen LogP contribution in [0.3, 0.4) is 0 Å². The van der Waals surface area contributed by atoms with Gasteiger partial charge in [-0.25, -0.2) is 0 Å². The number of carbonyl (C=O) groups excluding carboxylic acids is 1. The highest BCUT2D eigenvalue weighted by Gasteiger charge is 2.25. The third-order valence-corrected chi connectivity index (χ3v) is 3.69. The fourth-order valence-corrected chi connectivity index (χ4v) is 2.72. The van der Waals surface area contributed by atoms with Gasteiger partial charge in [-0.05, 0) is 12.1 Å². The summed E-state index contributed by atoms with van der Waals surface area (Å²) in [5.41, 5.74) is 5.84. The number of nitro groups is 1. The van der Waals surface area contributed by atoms with E-state index >= 15 is 0 Å². The van der Waals surface area contributed by atoms with Gasteiger partial charge in [0, 0.05) is 36.3 Å². The molecule has 2 N–H and O–H groups in total. The number of thioether (sulfide) groups is 1. The molecule has 0 radical (unpaired) electrons. The van der Waals surface area contributed by atoms with Gasteiger partial charge in [0.05, 0.1) is 4.92 Å². The van der Waals surface area contributed by atoms with Crippen molar-refractivity contribution in [1.82, 2.24) is 4.90 Å². The van der Waals surface area contributed by atoms with E-state index in [4.69, 9.17) is 5.73 Å². The molecule has 6 nitrogen and oxygen atoms in total. The Hall–Kier alpha value is -1.76. The molecule has 0 atom stereocenters. The largest absolute Gasteiger partial charge is 0.399 e. The normalized spacial score (nSPS) is 15.4. The molecule has 18 heavy (non-hydrogen) atoms. The Kier molecular flexibility index (Phi) is 3.71. The van der Waals surface area contributed by atoms with Gasteiger partial charge in [-0.15, -0.1) is 0 Å². The highest BCUT2D eigenvalue weighted by Crippen LogP contribution is 2.24. The summed E-state index contributed by atoms with van der Waals surface area (Å²) in [4.78, 5) is 24.2. The Morgan fingerprint density at radius 1 is 1.39 bits per heavy atom. The van der Waals surface area contributed by atoms with Crippen LogP contribution < -0.4 is 5.73 Å². The number of nitrogens with two attached hydrogens (primary N) is 1. The zero-order valence-corrected chi connectivity index (χ0v) is 10.5. The average Bonchev–Trinajstić information content (AvgIpc) is 2.38. The van der Waals surface area contributed by atoms with Gasteiger partial charge in [0.15, 0.2) is 0 Å². The Balaban J connectivity index is 2.33. The van der Waals surface area contributed by atoms with Crippen LogP contribution in [0.15, 0.2) is 18.2 Å². The summed E-state index contributed by atoms with van der Waals surface area (Å²) in [7, 11) is 0. The van der Waals surface area contributed by atoms with E-state index in [9.17, 15) is 14.9 Å². The Morgan fingerprint density at radius 2 is 2.06 bits per heavy atom. The quantitative estimate of drug-likeness (QED) is 0.496. The molecular weight excluding hydrogens is 254 g/mol. The first-order chi connectivity index (χ1) is 8.59. The van der Waals surface area contributed by atoms with Crippen LogP contribution in [0.4, 0.5) is 11.4 Å². The van der Waals surface area contributed by atoms with E-state index in [2.05, 4.69) is 0 Å². The van der Waals surface area contributed by atoms with Crippen LogP contribution in [0.1, 0.15) is 10.4 Å².